The Morgan fingerprint density at radius 1 is 1.42 bits per heavy atom. The lowest BCUT2D eigenvalue weighted by Gasteiger charge is -2.14. The Labute approximate surface area is 126 Å². The van der Waals surface area contributed by atoms with Gasteiger partial charge < -0.3 is 5.11 Å². The zero-order valence-corrected chi connectivity index (χ0v) is 13.2. The lowest BCUT2D eigenvalue weighted by molar-refractivity contribution is 0.174. The monoisotopic (exact) mass is 342 g/mol. The van der Waals surface area contributed by atoms with Crippen molar-refractivity contribution in [3.63, 3.8) is 0 Å². The molecule has 0 saturated heterocycles. The van der Waals surface area contributed by atoms with E-state index in [0.717, 1.165) is 28.0 Å². The summed E-state index contributed by atoms with van der Waals surface area (Å²) < 4.78 is 2.78. The van der Waals surface area contributed by atoms with E-state index in [2.05, 4.69) is 21.0 Å². The average molecular weight is 344 g/mol. The van der Waals surface area contributed by atoms with Gasteiger partial charge >= 0.3 is 0 Å². The van der Waals surface area contributed by atoms with Crippen LogP contribution in [0, 0.1) is 6.92 Å². The van der Waals surface area contributed by atoms with Crippen molar-refractivity contribution in [3.05, 3.63) is 50.7 Å². The van der Waals surface area contributed by atoms with Crippen LogP contribution in [0.3, 0.4) is 0 Å². The van der Waals surface area contributed by atoms with E-state index >= 15 is 0 Å². The van der Waals surface area contributed by atoms with Crippen molar-refractivity contribution in [1.82, 2.24) is 9.78 Å². The molecule has 2 aromatic rings. The van der Waals surface area contributed by atoms with Crippen molar-refractivity contribution >= 4 is 27.5 Å². The van der Waals surface area contributed by atoms with E-state index in [9.17, 15) is 5.11 Å². The van der Waals surface area contributed by atoms with Gasteiger partial charge in [0.05, 0.1) is 11.8 Å². The smallest absolute Gasteiger partial charge is 0.0856 e. The van der Waals surface area contributed by atoms with Crippen LogP contribution in [0.1, 0.15) is 30.0 Å². The largest absolute Gasteiger partial charge is 0.388 e. The molecular formula is C14H16BrClN2O. The molecule has 0 amide bonds. The molecule has 102 valence electrons. The Morgan fingerprint density at radius 2 is 2.16 bits per heavy atom. The van der Waals surface area contributed by atoms with Crippen molar-refractivity contribution in [1.29, 1.82) is 0 Å². The Kier molecular flexibility index (Phi) is 4.66. The Balaban J connectivity index is 2.25. The van der Waals surface area contributed by atoms with Crippen LogP contribution in [0.2, 0.25) is 5.02 Å². The standard InChI is InChI=1S/C14H16BrClN2O/c1-3-18-11(6-9(2)17-18)8-14(19)12-7-10(16)4-5-13(12)15/h4-7,14,19H,3,8H2,1-2H3. The predicted molar refractivity (Wildman–Crippen MR) is 80.5 cm³/mol. The number of halogens is 2. The minimum absolute atomic E-state index is 0.521. The Morgan fingerprint density at radius 3 is 2.84 bits per heavy atom. The summed E-state index contributed by atoms with van der Waals surface area (Å²) >= 11 is 9.42. The van der Waals surface area contributed by atoms with Gasteiger partial charge in [-0.2, -0.15) is 5.10 Å². The van der Waals surface area contributed by atoms with Gasteiger partial charge in [0, 0.05) is 28.2 Å². The van der Waals surface area contributed by atoms with Crippen LogP contribution in [0.4, 0.5) is 0 Å². The van der Waals surface area contributed by atoms with Crippen LogP contribution in [-0.4, -0.2) is 14.9 Å². The van der Waals surface area contributed by atoms with E-state index in [1.165, 1.54) is 0 Å². The van der Waals surface area contributed by atoms with Gasteiger partial charge in [-0.05, 0) is 43.7 Å². The summed E-state index contributed by atoms with van der Waals surface area (Å²) in [7, 11) is 0. The SMILES string of the molecule is CCn1nc(C)cc1CC(O)c1cc(Cl)ccc1Br. The predicted octanol–water partition coefficient (Wildman–Crippen LogP) is 3.90. The first kappa shape index (κ1) is 14.6. The number of aryl methyl sites for hydroxylation is 2. The van der Waals surface area contributed by atoms with E-state index in [1.54, 1.807) is 12.1 Å². The summed E-state index contributed by atoms with van der Waals surface area (Å²) in [6, 6.07) is 7.44. The van der Waals surface area contributed by atoms with Crippen LogP contribution >= 0.6 is 27.5 Å². The fraction of sp³-hybridized carbons (Fsp3) is 0.357. The third-order valence-electron chi connectivity index (χ3n) is 3.00. The van der Waals surface area contributed by atoms with Crippen molar-refractivity contribution in [2.45, 2.75) is 32.9 Å². The second kappa shape index (κ2) is 6.07. The Bertz CT molecular complexity index is 583. The van der Waals surface area contributed by atoms with Crippen molar-refractivity contribution in [2.75, 3.05) is 0 Å². The summed E-state index contributed by atoms with van der Waals surface area (Å²) in [6.45, 7) is 4.79. The number of rotatable bonds is 4. The van der Waals surface area contributed by atoms with E-state index in [-0.39, 0.29) is 0 Å². The second-order valence-electron chi connectivity index (χ2n) is 4.48. The van der Waals surface area contributed by atoms with E-state index in [0.29, 0.717) is 11.4 Å². The van der Waals surface area contributed by atoms with Gasteiger partial charge in [-0.3, -0.25) is 4.68 Å². The first-order valence-electron chi connectivity index (χ1n) is 6.17. The third-order valence-corrected chi connectivity index (χ3v) is 3.96. The highest BCUT2D eigenvalue weighted by atomic mass is 79.9. The second-order valence-corrected chi connectivity index (χ2v) is 5.77. The molecule has 0 radical (unpaired) electrons. The molecule has 1 aromatic carbocycles. The number of nitrogens with zero attached hydrogens (tertiary/aromatic N) is 2. The maximum absolute atomic E-state index is 10.4. The topological polar surface area (TPSA) is 38.0 Å². The molecule has 0 fully saturated rings. The molecule has 1 unspecified atom stereocenters. The normalized spacial score (nSPS) is 12.7. The van der Waals surface area contributed by atoms with E-state index in [1.807, 2.05) is 30.7 Å². The molecule has 0 saturated carbocycles. The highest BCUT2D eigenvalue weighted by molar-refractivity contribution is 9.10. The van der Waals surface area contributed by atoms with E-state index < -0.39 is 6.10 Å². The lowest BCUT2D eigenvalue weighted by atomic mass is 10.0. The van der Waals surface area contributed by atoms with Gasteiger partial charge in [-0.1, -0.05) is 27.5 Å². The molecule has 1 N–H and O–H groups in total. The molecule has 0 aliphatic heterocycles. The molecule has 0 bridgehead atoms. The minimum Gasteiger partial charge on any atom is -0.388 e. The third kappa shape index (κ3) is 3.38. The highest BCUT2D eigenvalue weighted by Crippen LogP contribution is 2.29. The van der Waals surface area contributed by atoms with Gasteiger partial charge in [0.2, 0.25) is 0 Å². The van der Waals surface area contributed by atoms with Crippen molar-refractivity contribution in [2.24, 2.45) is 0 Å². The molecule has 2 rings (SSSR count). The zero-order chi connectivity index (χ0) is 14.0. The van der Waals surface area contributed by atoms with Crippen LogP contribution in [-0.2, 0) is 13.0 Å². The number of hydrogen-bond donors (Lipinski definition) is 1. The van der Waals surface area contributed by atoms with Crippen LogP contribution in [0.5, 0.6) is 0 Å². The van der Waals surface area contributed by atoms with Gasteiger partial charge in [-0.15, -0.1) is 0 Å². The molecule has 1 aromatic heterocycles. The first-order chi connectivity index (χ1) is 9.01. The van der Waals surface area contributed by atoms with Crippen molar-refractivity contribution < 1.29 is 5.11 Å². The molecule has 5 heteroatoms. The summed E-state index contributed by atoms with van der Waals surface area (Å²) in [5.74, 6) is 0. The number of hydrogen-bond acceptors (Lipinski definition) is 2. The minimum atomic E-state index is -0.602. The summed E-state index contributed by atoms with van der Waals surface area (Å²) in [5.41, 5.74) is 2.79. The summed E-state index contributed by atoms with van der Waals surface area (Å²) in [5, 5.41) is 15.4. The lowest BCUT2D eigenvalue weighted by Crippen LogP contribution is -2.09. The number of aliphatic hydroxyl groups excluding tert-OH is 1. The van der Waals surface area contributed by atoms with E-state index in [4.69, 9.17) is 11.6 Å². The fourth-order valence-corrected chi connectivity index (χ4v) is 2.81. The molecule has 1 heterocycles. The Hall–Kier alpha value is -0.840. The van der Waals surface area contributed by atoms with Crippen LogP contribution < -0.4 is 0 Å². The fourth-order valence-electron chi connectivity index (χ4n) is 2.12. The first-order valence-corrected chi connectivity index (χ1v) is 7.34. The van der Waals surface area contributed by atoms with Gasteiger partial charge in [0.25, 0.3) is 0 Å². The molecule has 0 aliphatic rings. The van der Waals surface area contributed by atoms with Crippen LogP contribution in [0.15, 0.2) is 28.7 Å². The highest BCUT2D eigenvalue weighted by Gasteiger charge is 2.15. The van der Waals surface area contributed by atoms with Gasteiger partial charge in [0.15, 0.2) is 0 Å². The molecule has 1 atom stereocenters. The maximum atomic E-state index is 10.4. The molecule has 0 aliphatic carbocycles. The van der Waals surface area contributed by atoms with Crippen LogP contribution in [0.25, 0.3) is 0 Å². The molecule has 0 spiro atoms. The number of benzene rings is 1. The number of aliphatic hydroxyl groups is 1. The summed E-state index contributed by atoms with van der Waals surface area (Å²) in [6.07, 6.45) is -0.0809. The molecule has 3 nitrogen and oxygen atoms in total. The number of aromatic nitrogens is 2. The van der Waals surface area contributed by atoms with Gasteiger partial charge in [0.1, 0.15) is 0 Å². The van der Waals surface area contributed by atoms with Gasteiger partial charge in [-0.25, -0.2) is 0 Å². The molecule has 19 heavy (non-hydrogen) atoms. The molecular weight excluding hydrogens is 328 g/mol. The average Bonchev–Trinajstić information content (AvgIpc) is 2.72. The van der Waals surface area contributed by atoms with Crippen molar-refractivity contribution in [3.8, 4) is 0 Å². The quantitative estimate of drug-likeness (QED) is 0.914. The summed E-state index contributed by atoms with van der Waals surface area (Å²) in [4.78, 5) is 0. The maximum Gasteiger partial charge on any atom is 0.0856 e. The zero-order valence-electron chi connectivity index (χ0n) is 10.9.